The van der Waals surface area contributed by atoms with Crippen molar-refractivity contribution in [2.75, 3.05) is 0 Å². The number of aromatic nitrogens is 3. The molecule has 0 amide bonds. The smallest absolute Gasteiger partial charge is 0.160 e. The molecule has 0 unspecified atom stereocenters. The van der Waals surface area contributed by atoms with Gasteiger partial charge in [0.2, 0.25) is 0 Å². The molecule has 0 atom stereocenters. The molecule has 0 aliphatic carbocycles. The number of hydrogen-bond donors (Lipinski definition) is 0. The molecule has 0 saturated carbocycles. The van der Waals surface area contributed by atoms with Gasteiger partial charge in [-0.1, -0.05) is 218 Å². The average Bonchev–Trinajstić information content (AvgIpc) is 3.75. The summed E-state index contributed by atoms with van der Waals surface area (Å²) >= 11 is 0. The minimum Gasteiger partial charge on any atom is -0.309 e. The molecule has 0 fully saturated rings. The highest BCUT2D eigenvalue weighted by Gasteiger charge is 2.23. The predicted molar refractivity (Wildman–Crippen MR) is 282 cm³/mol. The maximum absolute atomic E-state index is 5.46. The zero-order valence-electron chi connectivity index (χ0n) is 36.5. The van der Waals surface area contributed by atoms with Crippen LogP contribution in [-0.4, -0.2) is 14.5 Å². The van der Waals surface area contributed by atoms with E-state index in [0.717, 1.165) is 55.6 Å². The van der Waals surface area contributed by atoms with Crippen molar-refractivity contribution >= 4 is 54.3 Å². The van der Waals surface area contributed by atoms with Crippen LogP contribution in [-0.2, 0) is 0 Å². The van der Waals surface area contributed by atoms with E-state index in [4.69, 9.17) is 9.97 Å². The molecule has 0 N–H and O–H groups in total. The van der Waals surface area contributed by atoms with Gasteiger partial charge >= 0.3 is 0 Å². The standard InChI is InChI=1S/C64H41N3/c1-5-17-42(18-6-1)44-29-33-48(34-30-44)63-57-39-50(37-38-58(57)65-64(66-63)49-35-31-45(32-36-49)43-19-7-2-8-20-43)67-59-40-55(46-21-9-3-10-22-46)51-25-13-15-27-53(51)61(59)62-54-28-16-14-26-52(54)56(41-60(62)67)47-23-11-4-12-24-47/h1-41H. The molecule has 312 valence electrons. The number of benzene rings is 11. The van der Waals surface area contributed by atoms with Crippen molar-refractivity contribution in [1.82, 2.24) is 14.5 Å². The summed E-state index contributed by atoms with van der Waals surface area (Å²) in [5.41, 5.74) is 16.6. The van der Waals surface area contributed by atoms with Gasteiger partial charge in [-0.3, -0.25) is 0 Å². The fourth-order valence-electron chi connectivity index (χ4n) is 10.2. The predicted octanol–water partition coefficient (Wildman–Crippen LogP) is 17.0. The number of fused-ring (bicyclic) bond motifs is 8. The highest BCUT2D eigenvalue weighted by molar-refractivity contribution is 6.31. The van der Waals surface area contributed by atoms with Crippen LogP contribution in [0, 0.1) is 0 Å². The van der Waals surface area contributed by atoms with E-state index >= 15 is 0 Å². The van der Waals surface area contributed by atoms with Gasteiger partial charge < -0.3 is 4.57 Å². The lowest BCUT2D eigenvalue weighted by Gasteiger charge is -2.15. The Labute approximate surface area is 388 Å². The van der Waals surface area contributed by atoms with E-state index in [0.29, 0.717) is 5.82 Å². The van der Waals surface area contributed by atoms with E-state index < -0.39 is 0 Å². The van der Waals surface area contributed by atoms with E-state index in [2.05, 4.69) is 253 Å². The van der Waals surface area contributed by atoms with Crippen molar-refractivity contribution in [3.63, 3.8) is 0 Å². The molecule has 0 aliphatic heterocycles. The van der Waals surface area contributed by atoms with Crippen molar-refractivity contribution in [3.8, 4) is 72.8 Å². The first-order chi connectivity index (χ1) is 33.2. The summed E-state index contributed by atoms with van der Waals surface area (Å²) in [5.74, 6) is 0.691. The highest BCUT2D eigenvalue weighted by Crippen LogP contribution is 2.46. The Hall–Kier alpha value is -8.92. The molecule has 2 heterocycles. The van der Waals surface area contributed by atoms with Gasteiger partial charge in [0, 0.05) is 33.0 Å². The molecule has 0 saturated heterocycles. The Kier molecular flexibility index (Phi) is 9.17. The molecule has 0 aliphatic rings. The van der Waals surface area contributed by atoms with Gasteiger partial charge in [-0.15, -0.1) is 0 Å². The number of nitrogens with zero attached hydrogens (tertiary/aromatic N) is 3. The molecule has 11 aromatic carbocycles. The first-order valence-electron chi connectivity index (χ1n) is 22.9. The molecular weight excluding hydrogens is 811 g/mol. The van der Waals surface area contributed by atoms with Gasteiger partial charge in [-0.05, 0) is 96.4 Å². The van der Waals surface area contributed by atoms with E-state index in [9.17, 15) is 0 Å². The molecule has 67 heavy (non-hydrogen) atoms. The van der Waals surface area contributed by atoms with Gasteiger partial charge in [0.1, 0.15) is 0 Å². The fourth-order valence-corrected chi connectivity index (χ4v) is 10.2. The third-order valence-electron chi connectivity index (χ3n) is 13.4. The quantitative estimate of drug-likeness (QED) is 0.160. The Morgan fingerprint density at radius 3 is 1.13 bits per heavy atom. The van der Waals surface area contributed by atoms with Crippen LogP contribution in [0.3, 0.4) is 0 Å². The highest BCUT2D eigenvalue weighted by atomic mass is 15.0. The zero-order valence-corrected chi connectivity index (χ0v) is 36.5. The van der Waals surface area contributed by atoms with Crippen LogP contribution in [0.25, 0.3) is 127 Å². The van der Waals surface area contributed by atoms with Crippen LogP contribution in [0.15, 0.2) is 249 Å². The molecule has 3 nitrogen and oxygen atoms in total. The number of rotatable bonds is 7. The number of hydrogen-bond acceptors (Lipinski definition) is 2. The third kappa shape index (κ3) is 6.59. The minimum absolute atomic E-state index is 0.691. The maximum atomic E-state index is 5.46. The summed E-state index contributed by atoms with van der Waals surface area (Å²) in [6, 6.07) is 89.4. The van der Waals surface area contributed by atoms with Crippen molar-refractivity contribution < 1.29 is 0 Å². The van der Waals surface area contributed by atoms with Crippen LogP contribution in [0.4, 0.5) is 0 Å². The second-order valence-electron chi connectivity index (χ2n) is 17.3. The SMILES string of the molecule is c1ccc(-c2ccc(-c3nc(-c4ccc(-c5ccccc5)cc4)c4cc(-n5c6cc(-c7ccccc7)c7ccccc7c6c6c7ccccc7c(-c7ccccc7)cc65)ccc4n3)cc2)cc1. The molecule has 13 rings (SSSR count). The van der Waals surface area contributed by atoms with Crippen LogP contribution in [0.1, 0.15) is 0 Å². The van der Waals surface area contributed by atoms with Crippen LogP contribution < -0.4 is 0 Å². The van der Waals surface area contributed by atoms with E-state index in [1.807, 2.05) is 0 Å². The van der Waals surface area contributed by atoms with E-state index in [1.165, 1.54) is 65.7 Å². The Balaban J connectivity index is 1.10. The van der Waals surface area contributed by atoms with Crippen LogP contribution >= 0.6 is 0 Å². The van der Waals surface area contributed by atoms with E-state index in [-0.39, 0.29) is 0 Å². The van der Waals surface area contributed by atoms with E-state index in [1.54, 1.807) is 0 Å². The van der Waals surface area contributed by atoms with Gasteiger partial charge in [-0.25, -0.2) is 9.97 Å². The first kappa shape index (κ1) is 38.5. The minimum atomic E-state index is 0.691. The van der Waals surface area contributed by atoms with Gasteiger partial charge in [-0.2, -0.15) is 0 Å². The molecule has 0 radical (unpaired) electrons. The first-order valence-corrected chi connectivity index (χ1v) is 22.9. The summed E-state index contributed by atoms with van der Waals surface area (Å²) in [4.78, 5) is 10.8. The molecule has 13 aromatic rings. The van der Waals surface area contributed by atoms with Crippen molar-refractivity contribution in [3.05, 3.63) is 249 Å². The van der Waals surface area contributed by atoms with Crippen molar-refractivity contribution in [2.45, 2.75) is 0 Å². The van der Waals surface area contributed by atoms with Gasteiger partial charge in [0.25, 0.3) is 0 Å². The monoisotopic (exact) mass is 851 g/mol. The second kappa shape index (κ2) is 16.0. The molecule has 2 aromatic heterocycles. The second-order valence-corrected chi connectivity index (χ2v) is 17.3. The van der Waals surface area contributed by atoms with Gasteiger partial charge in [0.15, 0.2) is 5.82 Å². The Morgan fingerprint density at radius 2 is 0.657 bits per heavy atom. The summed E-state index contributed by atoms with van der Waals surface area (Å²) in [5, 5.41) is 8.38. The average molecular weight is 852 g/mol. The van der Waals surface area contributed by atoms with Crippen molar-refractivity contribution in [1.29, 1.82) is 0 Å². The molecular formula is C64H41N3. The largest absolute Gasteiger partial charge is 0.309 e. The summed E-state index contributed by atoms with van der Waals surface area (Å²) in [6.07, 6.45) is 0. The molecule has 0 bridgehead atoms. The lowest BCUT2D eigenvalue weighted by molar-refractivity contribution is 1.18. The van der Waals surface area contributed by atoms with Crippen LogP contribution in [0.2, 0.25) is 0 Å². The molecule has 0 spiro atoms. The fraction of sp³-hybridized carbons (Fsp3) is 0. The van der Waals surface area contributed by atoms with Gasteiger partial charge in [0.05, 0.1) is 22.2 Å². The van der Waals surface area contributed by atoms with Crippen molar-refractivity contribution in [2.24, 2.45) is 0 Å². The summed E-state index contributed by atoms with van der Waals surface area (Å²) < 4.78 is 2.49. The Morgan fingerprint density at radius 1 is 0.269 bits per heavy atom. The Bertz CT molecular complexity index is 3840. The summed E-state index contributed by atoms with van der Waals surface area (Å²) in [7, 11) is 0. The lowest BCUT2D eigenvalue weighted by atomic mass is 9.92. The lowest BCUT2D eigenvalue weighted by Crippen LogP contribution is -1.99. The topological polar surface area (TPSA) is 30.7 Å². The maximum Gasteiger partial charge on any atom is 0.160 e. The summed E-state index contributed by atoms with van der Waals surface area (Å²) in [6.45, 7) is 0. The van der Waals surface area contributed by atoms with Crippen LogP contribution in [0.5, 0.6) is 0 Å². The molecule has 3 heteroatoms. The third-order valence-corrected chi connectivity index (χ3v) is 13.4. The normalized spacial score (nSPS) is 11.6. The zero-order chi connectivity index (χ0) is 44.3.